The summed E-state index contributed by atoms with van der Waals surface area (Å²) in [5.74, 6) is -1.96. The van der Waals surface area contributed by atoms with E-state index >= 15 is 0 Å². The number of rotatable bonds is 15. The third-order valence-corrected chi connectivity index (χ3v) is 11.0. The number of nitrogens with one attached hydrogen (secondary N) is 1. The molecule has 0 radical (unpaired) electrons. The van der Waals surface area contributed by atoms with E-state index in [0.717, 1.165) is 11.8 Å². The molecule has 0 saturated carbocycles. The van der Waals surface area contributed by atoms with Crippen LogP contribution >= 0.6 is 0 Å². The van der Waals surface area contributed by atoms with Crippen LogP contribution < -0.4 is 5.32 Å². The van der Waals surface area contributed by atoms with Gasteiger partial charge in [-0.2, -0.15) is 8.42 Å². The standard InChI is InChI=1S/C30H59NO11SSi2/c1-19-17-30(37-7,40-21(3)20(19)2)26(42-45(12,13)14)28(33)31-27(32)23-16-25(41-44(9,10)11)29(4,5)24(39-23)15-22(36-6)18-38-43(8,34)35/h20-27,32H,1,15-18H2,2-14H3,(H,31,33)/t20-,21-,22+,23+,24-,25?,26?,27+,30-/m1/s1. The molecular weight excluding hydrogens is 639 g/mol. The maximum atomic E-state index is 14.0. The van der Waals surface area contributed by atoms with Gasteiger partial charge in [-0.15, -0.1) is 0 Å². The Hall–Kier alpha value is -0.726. The van der Waals surface area contributed by atoms with Gasteiger partial charge >= 0.3 is 0 Å². The molecule has 0 aromatic carbocycles. The normalized spacial score (nSPS) is 31.7. The van der Waals surface area contributed by atoms with Crippen LogP contribution in [0.5, 0.6) is 0 Å². The number of carbonyl (C=O) groups is 1. The minimum absolute atomic E-state index is 0.0624. The van der Waals surface area contributed by atoms with Crippen molar-refractivity contribution < 1.29 is 50.3 Å². The van der Waals surface area contributed by atoms with Crippen molar-refractivity contribution in [1.29, 1.82) is 0 Å². The zero-order valence-electron chi connectivity index (χ0n) is 29.6. The number of ether oxygens (including phenoxy) is 4. The zero-order valence-corrected chi connectivity index (χ0v) is 32.4. The molecule has 45 heavy (non-hydrogen) atoms. The number of hydrogen-bond donors (Lipinski definition) is 2. The van der Waals surface area contributed by atoms with Crippen LogP contribution in [0, 0.1) is 11.3 Å². The van der Waals surface area contributed by atoms with Crippen molar-refractivity contribution in [2.45, 2.75) is 135 Å². The van der Waals surface area contributed by atoms with Crippen LogP contribution in [0.1, 0.15) is 47.0 Å². The quantitative estimate of drug-likeness (QED) is 0.112. The summed E-state index contributed by atoms with van der Waals surface area (Å²) in [5, 5.41) is 14.3. The van der Waals surface area contributed by atoms with Gasteiger partial charge in [-0.05, 0) is 46.2 Å². The van der Waals surface area contributed by atoms with Crippen molar-refractivity contribution in [2.75, 3.05) is 27.1 Å². The monoisotopic (exact) mass is 697 g/mol. The average molecular weight is 698 g/mol. The van der Waals surface area contributed by atoms with Crippen LogP contribution in [0.25, 0.3) is 0 Å². The summed E-state index contributed by atoms with van der Waals surface area (Å²) in [6.45, 7) is 24.1. The molecular formula is C30H59NO11SSi2. The van der Waals surface area contributed by atoms with Gasteiger partial charge in [0.05, 0.1) is 37.3 Å². The summed E-state index contributed by atoms with van der Waals surface area (Å²) in [6.07, 6.45) is -3.42. The molecule has 2 fully saturated rings. The van der Waals surface area contributed by atoms with Gasteiger partial charge in [0.1, 0.15) is 6.10 Å². The van der Waals surface area contributed by atoms with Crippen LogP contribution in [-0.4, -0.2) is 112 Å². The van der Waals surface area contributed by atoms with Crippen LogP contribution in [0.4, 0.5) is 0 Å². The van der Waals surface area contributed by atoms with Crippen LogP contribution in [0.3, 0.4) is 0 Å². The van der Waals surface area contributed by atoms with Crippen LogP contribution in [-0.2, 0) is 46.9 Å². The second kappa shape index (κ2) is 15.2. The fourth-order valence-electron chi connectivity index (χ4n) is 5.68. The molecule has 2 rings (SSSR count). The molecule has 0 aromatic rings. The lowest BCUT2D eigenvalue weighted by Crippen LogP contribution is -2.64. The summed E-state index contributed by atoms with van der Waals surface area (Å²) < 4.78 is 65.6. The van der Waals surface area contributed by atoms with Crippen molar-refractivity contribution >= 4 is 32.7 Å². The Morgan fingerprint density at radius 3 is 2.20 bits per heavy atom. The lowest BCUT2D eigenvalue weighted by Gasteiger charge is -2.51. The Morgan fingerprint density at radius 1 is 1.13 bits per heavy atom. The van der Waals surface area contributed by atoms with Gasteiger partial charge in [0.15, 0.2) is 29.0 Å². The van der Waals surface area contributed by atoms with E-state index in [-0.39, 0.29) is 37.6 Å². The van der Waals surface area contributed by atoms with Gasteiger partial charge in [0, 0.05) is 44.8 Å². The second-order valence-electron chi connectivity index (χ2n) is 15.0. The predicted octanol–water partition coefficient (Wildman–Crippen LogP) is 3.77. The Bertz CT molecular complexity index is 1120. The van der Waals surface area contributed by atoms with E-state index in [2.05, 4.69) is 31.5 Å². The molecule has 2 unspecified atom stereocenters. The lowest BCUT2D eigenvalue weighted by molar-refractivity contribution is -0.295. The highest BCUT2D eigenvalue weighted by molar-refractivity contribution is 7.85. The maximum Gasteiger partial charge on any atom is 0.264 e. The summed E-state index contributed by atoms with van der Waals surface area (Å²) in [7, 11) is -5.13. The number of aliphatic hydroxyl groups excluding tert-OH is 1. The Balaban J connectivity index is 2.39. The van der Waals surface area contributed by atoms with Crippen LogP contribution in [0.2, 0.25) is 39.3 Å². The maximum absolute atomic E-state index is 14.0. The third-order valence-electron chi connectivity index (χ3n) is 8.52. The molecule has 0 aromatic heterocycles. The molecule has 2 aliphatic heterocycles. The first kappa shape index (κ1) is 40.4. The number of carbonyl (C=O) groups excluding carboxylic acids is 1. The highest BCUT2D eigenvalue weighted by atomic mass is 32.2. The summed E-state index contributed by atoms with van der Waals surface area (Å²) in [5.41, 5.74) is 0.336. The lowest BCUT2D eigenvalue weighted by atomic mass is 9.74. The summed E-state index contributed by atoms with van der Waals surface area (Å²) in [4.78, 5) is 14.0. The van der Waals surface area contributed by atoms with Crippen LogP contribution in [0.15, 0.2) is 12.2 Å². The molecule has 1 amide bonds. The zero-order chi connectivity index (χ0) is 34.8. The Labute approximate surface area is 273 Å². The SMILES string of the molecule is C=C1C[C@](OC)(C(O[Si](C)(C)C)C(=O)N[C@@H](O)[C@@H]2CC(O[Si](C)(C)C)C(C)(C)[C@@H](C[C@@H](COS(C)(=O)=O)OC)O2)O[C@H](C)[C@@H]1C. The molecule has 2 saturated heterocycles. The van der Waals surface area contributed by atoms with Gasteiger partial charge in [0.2, 0.25) is 5.79 Å². The van der Waals surface area contributed by atoms with E-state index in [4.69, 9.17) is 32.0 Å². The first-order valence-corrected chi connectivity index (χ1v) is 24.2. The Kier molecular flexibility index (Phi) is 13.7. The number of hydrogen-bond acceptors (Lipinski definition) is 11. The Morgan fingerprint density at radius 2 is 1.73 bits per heavy atom. The first-order chi connectivity index (χ1) is 20.3. The third kappa shape index (κ3) is 11.4. The van der Waals surface area contributed by atoms with E-state index in [1.54, 1.807) is 0 Å². The largest absolute Gasteiger partial charge is 0.414 e. The van der Waals surface area contributed by atoms with Crippen molar-refractivity contribution in [3.05, 3.63) is 12.2 Å². The summed E-state index contributed by atoms with van der Waals surface area (Å²) >= 11 is 0. The van der Waals surface area contributed by atoms with Crippen molar-refractivity contribution in [2.24, 2.45) is 11.3 Å². The molecule has 9 atom stereocenters. The van der Waals surface area contributed by atoms with E-state index in [9.17, 15) is 18.3 Å². The fraction of sp³-hybridized carbons (Fsp3) is 0.900. The molecule has 0 aliphatic carbocycles. The molecule has 264 valence electrons. The van der Waals surface area contributed by atoms with Crippen molar-refractivity contribution in [1.82, 2.24) is 5.32 Å². The minimum atomic E-state index is -3.68. The predicted molar refractivity (Wildman–Crippen MR) is 177 cm³/mol. The number of aliphatic hydroxyl groups is 1. The molecule has 2 N–H and O–H groups in total. The number of methoxy groups -OCH3 is 2. The van der Waals surface area contributed by atoms with E-state index < -0.39 is 74.5 Å². The topological polar surface area (TPSA) is 148 Å². The van der Waals surface area contributed by atoms with Crippen molar-refractivity contribution in [3.63, 3.8) is 0 Å². The second-order valence-corrected chi connectivity index (χ2v) is 25.6. The highest BCUT2D eigenvalue weighted by Crippen LogP contribution is 2.43. The van der Waals surface area contributed by atoms with Gasteiger partial charge in [-0.1, -0.05) is 32.9 Å². The average Bonchev–Trinajstić information content (AvgIpc) is 2.88. The fourth-order valence-corrected chi connectivity index (χ4v) is 8.33. The van der Waals surface area contributed by atoms with E-state index in [0.29, 0.717) is 6.42 Å². The molecule has 2 heterocycles. The van der Waals surface area contributed by atoms with Gasteiger partial charge in [-0.3, -0.25) is 8.98 Å². The first-order valence-electron chi connectivity index (χ1n) is 15.6. The van der Waals surface area contributed by atoms with Gasteiger partial charge in [-0.25, -0.2) is 0 Å². The smallest absolute Gasteiger partial charge is 0.264 e. The van der Waals surface area contributed by atoms with Gasteiger partial charge in [0.25, 0.3) is 16.0 Å². The minimum Gasteiger partial charge on any atom is -0.414 e. The summed E-state index contributed by atoms with van der Waals surface area (Å²) in [6, 6.07) is 0. The van der Waals surface area contributed by atoms with Gasteiger partial charge < -0.3 is 38.2 Å². The molecule has 15 heteroatoms. The van der Waals surface area contributed by atoms with E-state index in [1.165, 1.54) is 14.2 Å². The van der Waals surface area contributed by atoms with E-state index in [1.807, 2.05) is 47.3 Å². The molecule has 0 spiro atoms. The molecule has 0 bridgehead atoms. The molecule has 2 aliphatic rings. The van der Waals surface area contributed by atoms with Crippen molar-refractivity contribution in [3.8, 4) is 0 Å². The number of amides is 1. The highest BCUT2D eigenvalue weighted by Gasteiger charge is 2.54. The molecule has 12 nitrogen and oxygen atoms in total.